The number of fused-ring (bicyclic) bond motifs is 1. The average Bonchev–Trinajstić information content (AvgIpc) is 2.49. The molecule has 3 nitrogen and oxygen atoms in total. The van der Waals surface area contributed by atoms with Crippen molar-refractivity contribution in [1.82, 2.24) is 5.32 Å². The topological polar surface area (TPSA) is 33.6 Å². The quantitative estimate of drug-likeness (QED) is 0.803. The van der Waals surface area contributed by atoms with Gasteiger partial charge < -0.3 is 10.1 Å². The zero-order valence-corrected chi connectivity index (χ0v) is 14.1. The number of aliphatic imine (C=N–C) groups is 1. The van der Waals surface area contributed by atoms with Gasteiger partial charge in [-0.25, -0.2) is 0 Å². The van der Waals surface area contributed by atoms with Crippen LogP contribution in [-0.2, 0) is 17.8 Å². The fourth-order valence-electron chi connectivity index (χ4n) is 2.32. The van der Waals surface area contributed by atoms with Gasteiger partial charge in [-0.15, -0.1) is 0 Å². The predicted octanol–water partition coefficient (Wildman–Crippen LogP) is 3.95. The van der Waals surface area contributed by atoms with Gasteiger partial charge in [-0.2, -0.15) is 4.99 Å². The van der Waals surface area contributed by atoms with Crippen molar-refractivity contribution >= 4 is 34.3 Å². The van der Waals surface area contributed by atoms with Crippen LogP contribution in [0.5, 0.6) is 0 Å². The van der Waals surface area contributed by atoms with Crippen LogP contribution < -0.4 is 5.32 Å². The summed E-state index contributed by atoms with van der Waals surface area (Å²) in [6.45, 7) is 3.50. The molecule has 1 N–H and O–H groups in total. The molecule has 2 aromatic rings. The number of rotatable bonds is 3. The van der Waals surface area contributed by atoms with Gasteiger partial charge in [0.05, 0.1) is 5.69 Å². The molecule has 21 heavy (non-hydrogen) atoms. The normalized spacial score (nSPS) is 13.1. The third-order valence-corrected chi connectivity index (χ3v) is 4.28. The first kappa shape index (κ1) is 14.4. The molecule has 0 spiro atoms. The van der Waals surface area contributed by atoms with E-state index in [9.17, 15) is 0 Å². The van der Waals surface area contributed by atoms with E-state index in [-0.39, 0.29) is 0 Å². The maximum absolute atomic E-state index is 5.68. The lowest BCUT2D eigenvalue weighted by molar-refractivity contribution is 0.271. The molecule has 0 saturated carbocycles. The van der Waals surface area contributed by atoms with Gasteiger partial charge in [0.15, 0.2) is 0 Å². The molecule has 0 atom stereocenters. The molecule has 3 rings (SSSR count). The lowest BCUT2D eigenvalue weighted by atomic mass is 10.1. The minimum Gasteiger partial charge on any atom is -0.460 e. The van der Waals surface area contributed by atoms with Crippen molar-refractivity contribution in [2.45, 2.75) is 20.0 Å². The highest BCUT2D eigenvalue weighted by Gasteiger charge is 2.13. The Hall–Kier alpha value is -1.56. The zero-order chi connectivity index (χ0) is 14.7. The summed E-state index contributed by atoms with van der Waals surface area (Å²) >= 11 is 2.32. The van der Waals surface area contributed by atoms with Crippen molar-refractivity contribution in [1.29, 1.82) is 0 Å². The van der Waals surface area contributed by atoms with Gasteiger partial charge in [0.25, 0.3) is 6.02 Å². The molecule has 0 unspecified atom stereocenters. The molecule has 108 valence electrons. The largest absolute Gasteiger partial charge is 0.460 e. The summed E-state index contributed by atoms with van der Waals surface area (Å²) in [5.41, 5.74) is 4.74. The summed E-state index contributed by atoms with van der Waals surface area (Å²) < 4.78 is 6.94. The fourth-order valence-corrected chi connectivity index (χ4v) is 2.68. The van der Waals surface area contributed by atoms with Gasteiger partial charge in [0.1, 0.15) is 6.61 Å². The van der Waals surface area contributed by atoms with Crippen LogP contribution in [-0.4, -0.2) is 12.6 Å². The van der Waals surface area contributed by atoms with E-state index in [1.807, 2.05) is 12.1 Å². The first-order chi connectivity index (χ1) is 10.2. The Bertz CT molecular complexity index is 665. The Morgan fingerprint density at radius 3 is 2.81 bits per heavy atom. The van der Waals surface area contributed by atoms with E-state index in [1.54, 1.807) is 0 Å². The monoisotopic (exact) mass is 392 g/mol. The van der Waals surface area contributed by atoms with Crippen molar-refractivity contribution in [3.05, 3.63) is 62.7 Å². The highest BCUT2D eigenvalue weighted by atomic mass is 127. The Kier molecular flexibility index (Phi) is 4.43. The third kappa shape index (κ3) is 3.56. The van der Waals surface area contributed by atoms with E-state index >= 15 is 0 Å². The molecule has 4 heteroatoms. The minimum absolute atomic E-state index is 0.595. The molecule has 0 aliphatic carbocycles. The maximum atomic E-state index is 5.68. The second-order valence-electron chi connectivity index (χ2n) is 5.08. The molecule has 0 amide bonds. The number of hydrogen-bond acceptors (Lipinski definition) is 3. The summed E-state index contributed by atoms with van der Waals surface area (Å²) in [4.78, 5) is 4.53. The number of ether oxygens (including phenoxy) is 1. The van der Waals surface area contributed by atoms with Crippen LogP contribution in [0.4, 0.5) is 5.69 Å². The molecule has 0 fully saturated rings. The van der Waals surface area contributed by atoms with Gasteiger partial charge in [-0.05, 0) is 65.3 Å². The Morgan fingerprint density at radius 2 is 2.00 bits per heavy atom. The molecular weight excluding hydrogens is 375 g/mol. The number of nitrogens with one attached hydrogen (secondary N) is 1. The van der Waals surface area contributed by atoms with Crippen molar-refractivity contribution in [3.63, 3.8) is 0 Å². The Labute approximate surface area is 138 Å². The van der Waals surface area contributed by atoms with E-state index < -0.39 is 0 Å². The van der Waals surface area contributed by atoms with Crippen LogP contribution in [0.25, 0.3) is 0 Å². The molecule has 0 bridgehead atoms. The second-order valence-corrected chi connectivity index (χ2v) is 6.33. The summed E-state index contributed by atoms with van der Waals surface area (Å²) in [5.74, 6) is 0. The molecule has 0 aromatic heterocycles. The molecule has 0 radical (unpaired) electrons. The van der Waals surface area contributed by atoms with Crippen molar-refractivity contribution in [2.24, 2.45) is 4.99 Å². The molecule has 1 aliphatic rings. The molecule has 2 aromatic carbocycles. The first-order valence-electron chi connectivity index (χ1n) is 7.01. The molecular formula is C17H17IN2O. The minimum atomic E-state index is 0.595. The number of amidine groups is 1. The van der Waals surface area contributed by atoms with Crippen molar-refractivity contribution < 1.29 is 4.74 Å². The smallest absolute Gasteiger partial charge is 0.290 e. The summed E-state index contributed by atoms with van der Waals surface area (Å²) in [5, 5.41) is 3.27. The Balaban J connectivity index is 1.60. The van der Waals surface area contributed by atoms with Gasteiger partial charge in [0.2, 0.25) is 0 Å². The standard InChI is InChI=1S/C17H17IN2O/c1-12-3-2-4-16-15(12)11-21-17(20-16)19-10-9-13-5-7-14(18)8-6-13/h2-8H,9-11H2,1H3,(H,19,20). The van der Waals surface area contributed by atoms with E-state index in [4.69, 9.17) is 4.74 Å². The van der Waals surface area contributed by atoms with E-state index in [1.165, 1.54) is 20.3 Å². The van der Waals surface area contributed by atoms with Crippen LogP contribution in [0.2, 0.25) is 0 Å². The van der Waals surface area contributed by atoms with E-state index in [0.717, 1.165) is 18.7 Å². The molecule has 1 heterocycles. The van der Waals surface area contributed by atoms with Crippen LogP contribution >= 0.6 is 22.6 Å². The highest BCUT2D eigenvalue weighted by Crippen LogP contribution is 2.26. The van der Waals surface area contributed by atoms with Crippen LogP contribution in [0.15, 0.2) is 47.5 Å². The summed E-state index contributed by atoms with van der Waals surface area (Å²) in [7, 11) is 0. The SMILES string of the molecule is Cc1cccc2c1COC(NCCc1ccc(I)cc1)=N2. The van der Waals surface area contributed by atoms with Crippen molar-refractivity contribution in [2.75, 3.05) is 6.54 Å². The lowest BCUT2D eigenvalue weighted by Gasteiger charge is -2.19. The van der Waals surface area contributed by atoms with Gasteiger partial charge in [-0.1, -0.05) is 24.3 Å². The predicted molar refractivity (Wildman–Crippen MR) is 93.9 cm³/mol. The van der Waals surface area contributed by atoms with E-state index in [2.05, 4.69) is 70.2 Å². The summed E-state index contributed by atoms with van der Waals surface area (Å²) in [6.07, 6.45) is 0.958. The lowest BCUT2D eigenvalue weighted by Crippen LogP contribution is -2.29. The average molecular weight is 392 g/mol. The first-order valence-corrected chi connectivity index (χ1v) is 8.08. The molecule has 1 aliphatic heterocycles. The number of hydrogen-bond donors (Lipinski definition) is 1. The number of aryl methyl sites for hydroxylation is 1. The van der Waals surface area contributed by atoms with Crippen molar-refractivity contribution in [3.8, 4) is 0 Å². The molecule has 0 saturated heterocycles. The Morgan fingerprint density at radius 1 is 1.19 bits per heavy atom. The maximum Gasteiger partial charge on any atom is 0.290 e. The van der Waals surface area contributed by atoms with Crippen LogP contribution in [0, 0.1) is 10.5 Å². The number of benzene rings is 2. The zero-order valence-electron chi connectivity index (χ0n) is 11.9. The number of nitrogens with zero attached hydrogens (tertiary/aromatic N) is 1. The highest BCUT2D eigenvalue weighted by molar-refractivity contribution is 14.1. The van der Waals surface area contributed by atoms with E-state index in [0.29, 0.717) is 12.6 Å². The van der Waals surface area contributed by atoms with Gasteiger partial charge in [-0.3, -0.25) is 0 Å². The third-order valence-electron chi connectivity index (χ3n) is 3.56. The second kappa shape index (κ2) is 6.47. The van der Waals surface area contributed by atoms with Crippen LogP contribution in [0.1, 0.15) is 16.7 Å². The number of halogens is 1. The fraction of sp³-hybridized carbons (Fsp3) is 0.235. The van der Waals surface area contributed by atoms with Gasteiger partial charge in [0, 0.05) is 15.7 Å². The summed E-state index contributed by atoms with van der Waals surface area (Å²) in [6, 6.07) is 15.4. The van der Waals surface area contributed by atoms with Gasteiger partial charge >= 0.3 is 0 Å². The van der Waals surface area contributed by atoms with Crippen LogP contribution in [0.3, 0.4) is 0 Å².